The molecule has 1 aliphatic rings. The molecule has 0 saturated carbocycles. The van der Waals surface area contributed by atoms with Crippen LogP contribution in [0.2, 0.25) is 0 Å². The zero-order chi connectivity index (χ0) is 21.7. The highest BCUT2D eigenvalue weighted by Crippen LogP contribution is 2.28. The van der Waals surface area contributed by atoms with Gasteiger partial charge in [-0.3, -0.25) is 14.5 Å². The fourth-order valence-corrected chi connectivity index (χ4v) is 3.09. The number of para-hydroxylation sites is 2. The van der Waals surface area contributed by atoms with Crippen molar-refractivity contribution in [3.8, 4) is 0 Å². The van der Waals surface area contributed by atoms with E-state index in [4.69, 9.17) is 0 Å². The Balaban J connectivity index is 2.18. The number of hydrogen-bond donors (Lipinski definition) is 4. The van der Waals surface area contributed by atoms with Crippen LogP contribution in [0.3, 0.4) is 0 Å². The molecule has 1 aliphatic heterocycles. The third-order valence-corrected chi connectivity index (χ3v) is 5.02. The molecule has 0 spiro atoms. The standard InChI is InChI=1S/C20H28N4O5/c1-5-12(4)17(19(27)28)22-18(26)16(11(2)3)23-20(29)24-10-15(25)21-13-8-6-7-9-14(13)24/h6-9,11-12,16-17H,5,10H2,1-4H3,(H,21,25)(H,22,26)(H,23,29)(H,27,28)/t12-,16-,17-/m0/s1. The van der Waals surface area contributed by atoms with Gasteiger partial charge in [-0.1, -0.05) is 46.2 Å². The topological polar surface area (TPSA) is 128 Å². The normalized spacial score (nSPS) is 16.3. The molecule has 1 heterocycles. The van der Waals surface area contributed by atoms with E-state index < -0.39 is 30.0 Å². The van der Waals surface area contributed by atoms with Crippen LogP contribution in [0.4, 0.5) is 16.2 Å². The lowest BCUT2D eigenvalue weighted by Gasteiger charge is -2.32. The molecule has 0 radical (unpaired) electrons. The molecule has 0 fully saturated rings. The largest absolute Gasteiger partial charge is 0.480 e. The summed E-state index contributed by atoms with van der Waals surface area (Å²) in [5, 5.41) is 17.3. The second-order valence-electron chi connectivity index (χ2n) is 7.53. The minimum absolute atomic E-state index is 0.181. The van der Waals surface area contributed by atoms with Crippen molar-refractivity contribution in [1.29, 1.82) is 0 Å². The lowest BCUT2D eigenvalue weighted by Crippen LogP contribution is -2.58. The maximum absolute atomic E-state index is 12.9. The third-order valence-electron chi connectivity index (χ3n) is 5.02. The van der Waals surface area contributed by atoms with Gasteiger partial charge in [0.15, 0.2) is 0 Å². The first-order chi connectivity index (χ1) is 13.6. The van der Waals surface area contributed by atoms with Gasteiger partial charge in [0.25, 0.3) is 0 Å². The predicted octanol–water partition coefficient (Wildman–Crippen LogP) is 1.79. The average Bonchev–Trinajstić information content (AvgIpc) is 2.67. The van der Waals surface area contributed by atoms with E-state index in [1.807, 2.05) is 6.92 Å². The number of anilines is 2. The molecule has 0 unspecified atom stereocenters. The second kappa shape index (κ2) is 9.40. The summed E-state index contributed by atoms with van der Waals surface area (Å²) in [6.45, 7) is 6.90. The first kappa shape index (κ1) is 22.2. The van der Waals surface area contributed by atoms with Crippen LogP contribution in [0.15, 0.2) is 24.3 Å². The molecule has 0 bridgehead atoms. The molecule has 1 aromatic carbocycles. The highest BCUT2D eigenvalue weighted by atomic mass is 16.4. The van der Waals surface area contributed by atoms with Gasteiger partial charge in [-0.2, -0.15) is 0 Å². The lowest BCUT2D eigenvalue weighted by molar-refractivity contribution is -0.143. The molecule has 0 saturated heterocycles. The second-order valence-corrected chi connectivity index (χ2v) is 7.53. The number of fused-ring (bicyclic) bond motifs is 1. The van der Waals surface area contributed by atoms with Gasteiger partial charge in [0.1, 0.15) is 18.6 Å². The van der Waals surface area contributed by atoms with Gasteiger partial charge >= 0.3 is 12.0 Å². The molecule has 3 atom stereocenters. The summed E-state index contributed by atoms with van der Waals surface area (Å²) >= 11 is 0. The number of carboxylic acid groups (broad SMARTS) is 1. The summed E-state index contributed by atoms with van der Waals surface area (Å²) in [4.78, 5) is 50.4. The first-order valence-corrected chi connectivity index (χ1v) is 9.65. The summed E-state index contributed by atoms with van der Waals surface area (Å²) in [5.41, 5.74) is 1.03. The quantitative estimate of drug-likeness (QED) is 0.551. The predicted molar refractivity (Wildman–Crippen MR) is 109 cm³/mol. The summed E-state index contributed by atoms with van der Waals surface area (Å²) in [6, 6.07) is 4.26. The van der Waals surface area contributed by atoms with Crippen LogP contribution in [-0.2, 0) is 14.4 Å². The van der Waals surface area contributed by atoms with E-state index in [1.54, 1.807) is 45.0 Å². The molecule has 29 heavy (non-hydrogen) atoms. The van der Waals surface area contributed by atoms with Gasteiger partial charge in [0.2, 0.25) is 11.8 Å². The van der Waals surface area contributed by atoms with Crippen molar-refractivity contribution in [3.05, 3.63) is 24.3 Å². The minimum Gasteiger partial charge on any atom is -0.480 e. The van der Waals surface area contributed by atoms with Gasteiger partial charge in [-0.25, -0.2) is 9.59 Å². The molecular formula is C20H28N4O5. The van der Waals surface area contributed by atoms with Crippen LogP contribution in [0, 0.1) is 11.8 Å². The lowest BCUT2D eigenvalue weighted by atomic mass is 9.97. The fourth-order valence-electron chi connectivity index (χ4n) is 3.09. The summed E-state index contributed by atoms with van der Waals surface area (Å²) in [7, 11) is 0. The van der Waals surface area contributed by atoms with Crippen LogP contribution in [0.5, 0.6) is 0 Å². The Bertz CT molecular complexity index is 795. The number of aliphatic carboxylic acids is 1. The van der Waals surface area contributed by atoms with Crippen LogP contribution in [0.25, 0.3) is 0 Å². The third kappa shape index (κ3) is 5.24. The smallest absolute Gasteiger partial charge is 0.326 e. The maximum Gasteiger partial charge on any atom is 0.326 e. The van der Waals surface area contributed by atoms with E-state index in [2.05, 4.69) is 16.0 Å². The van der Waals surface area contributed by atoms with Crippen molar-refractivity contribution in [2.75, 3.05) is 16.8 Å². The molecule has 9 nitrogen and oxygen atoms in total. The maximum atomic E-state index is 12.9. The number of rotatable bonds is 7. The molecule has 9 heteroatoms. The van der Waals surface area contributed by atoms with E-state index in [1.165, 1.54) is 4.90 Å². The zero-order valence-corrected chi connectivity index (χ0v) is 17.1. The van der Waals surface area contributed by atoms with Crippen molar-refractivity contribution < 1.29 is 24.3 Å². The minimum atomic E-state index is -1.12. The van der Waals surface area contributed by atoms with Crippen molar-refractivity contribution in [3.63, 3.8) is 0 Å². The Hall–Kier alpha value is -3.10. The number of urea groups is 1. The number of carbonyl (C=O) groups is 4. The van der Waals surface area contributed by atoms with Crippen LogP contribution in [-0.4, -0.2) is 47.5 Å². The molecule has 2 rings (SSSR count). The van der Waals surface area contributed by atoms with E-state index in [0.717, 1.165) is 0 Å². The monoisotopic (exact) mass is 404 g/mol. The molecule has 4 N–H and O–H groups in total. The number of benzene rings is 1. The zero-order valence-electron chi connectivity index (χ0n) is 17.1. The number of nitrogens with one attached hydrogen (secondary N) is 3. The molecule has 4 amide bonds. The molecular weight excluding hydrogens is 376 g/mol. The Kier molecular flexibility index (Phi) is 7.19. The summed E-state index contributed by atoms with van der Waals surface area (Å²) < 4.78 is 0. The Morgan fingerprint density at radius 2 is 1.79 bits per heavy atom. The molecule has 158 valence electrons. The van der Waals surface area contributed by atoms with Gasteiger partial charge in [0, 0.05) is 0 Å². The molecule has 0 aromatic heterocycles. The highest BCUT2D eigenvalue weighted by molar-refractivity contribution is 6.10. The Morgan fingerprint density at radius 3 is 2.38 bits per heavy atom. The summed E-state index contributed by atoms with van der Waals surface area (Å²) in [6.07, 6.45) is 0.579. The highest BCUT2D eigenvalue weighted by Gasteiger charge is 2.33. The van der Waals surface area contributed by atoms with Gasteiger partial charge in [-0.15, -0.1) is 0 Å². The van der Waals surface area contributed by atoms with Crippen molar-refractivity contribution in [1.82, 2.24) is 10.6 Å². The van der Waals surface area contributed by atoms with Crippen LogP contribution >= 0.6 is 0 Å². The van der Waals surface area contributed by atoms with Gasteiger partial charge < -0.3 is 21.1 Å². The van der Waals surface area contributed by atoms with E-state index in [-0.39, 0.29) is 24.3 Å². The molecule has 1 aromatic rings. The summed E-state index contributed by atoms with van der Waals surface area (Å²) in [5.74, 6) is -2.59. The number of carboxylic acids is 1. The van der Waals surface area contributed by atoms with Crippen LogP contribution < -0.4 is 20.9 Å². The first-order valence-electron chi connectivity index (χ1n) is 9.65. The van der Waals surface area contributed by atoms with E-state index >= 15 is 0 Å². The average molecular weight is 404 g/mol. The van der Waals surface area contributed by atoms with Gasteiger partial charge in [0.05, 0.1) is 11.4 Å². The Morgan fingerprint density at radius 1 is 1.14 bits per heavy atom. The molecule has 0 aliphatic carbocycles. The van der Waals surface area contributed by atoms with E-state index in [0.29, 0.717) is 17.8 Å². The van der Waals surface area contributed by atoms with Crippen molar-refractivity contribution >= 4 is 35.2 Å². The van der Waals surface area contributed by atoms with E-state index in [9.17, 15) is 24.3 Å². The number of carbonyl (C=O) groups excluding carboxylic acids is 3. The number of hydrogen-bond acceptors (Lipinski definition) is 4. The van der Waals surface area contributed by atoms with Crippen LogP contribution in [0.1, 0.15) is 34.1 Å². The van der Waals surface area contributed by atoms with Gasteiger partial charge in [-0.05, 0) is 24.0 Å². The van der Waals surface area contributed by atoms with Crippen molar-refractivity contribution in [2.24, 2.45) is 11.8 Å². The Labute approximate surface area is 169 Å². The number of nitrogens with zero attached hydrogens (tertiary/aromatic N) is 1. The van der Waals surface area contributed by atoms with Crippen molar-refractivity contribution in [2.45, 2.75) is 46.2 Å². The SMILES string of the molecule is CC[C@H](C)[C@H](NC(=O)[C@@H](NC(=O)N1CC(=O)Nc2ccccc21)C(C)C)C(=O)O. The fraction of sp³-hybridized carbons (Fsp3) is 0.500. The number of amides is 4.